The summed E-state index contributed by atoms with van der Waals surface area (Å²) in [4.78, 5) is 0. The molecule has 0 saturated heterocycles. The van der Waals surface area contributed by atoms with Crippen molar-refractivity contribution in [3.05, 3.63) is 41.5 Å². The Morgan fingerprint density at radius 3 is 2.17 bits per heavy atom. The molecule has 0 fully saturated rings. The smallest absolute Gasteiger partial charge is 0.393 e. The van der Waals surface area contributed by atoms with Crippen molar-refractivity contribution in [1.82, 2.24) is 0 Å². The van der Waals surface area contributed by atoms with Crippen molar-refractivity contribution in [1.29, 1.82) is 0 Å². The van der Waals surface area contributed by atoms with E-state index in [1.807, 2.05) is 0 Å². The van der Waals surface area contributed by atoms with E-state index in [-0.39, 0.29) is 6.42 Å². The normalized spacial score (nSPS) is 15.9. The summed E-state index contributed by atoms with van der Waals surface area (Å²) in [5, 5.41) is 18.5. The number of aliphatic hydroxyl groups is 2. The topological polar surface area (TPSA) is 40.5 Å². The summed E-state index contributed by atoms with van der Waals surface area (Å²) >= 11 is 0. The molecule has 0 amide bonds. The summed E-state index contributed by atoms with van der Waals surface area (Å²) in [7, 11) is 0. The molecule has 1 aromatic rings. The minimum Gasteiger partial charge on any atom is -0.393 e. The second-order valence-electron chi connectivity index (χ2n) is 4.13. The molecule has 0 aliphatic carbocycles. The molecule has 2 unspecified atom stereocenters. The van der Waals surface area contributed by atoms with Crippen LogP contribution < -0.4 is 0 Å². The lowest BCUT2D eigenvalue weighted by molar-refractivity contribution is -0.137. The molecule has 2 atom stereocenters. The van der Waals surface area contributed by atoms with Crippen LogP contribution in [0.15, 0.2) is 30.3 Å². The fourth-order valence-corrected chi connectivity index (χ4v) is 1.43. The maximum Gasteiger partial charge on any atom is 0.416 e. The Kier molecular flexibility index (Phi) is 4.93. The molecular weight excluding hydrogens is 245 g/mol. The molecule has 0 heterocycles. The molecule has 5 heteroatoms. The van der Waals surface area contributed by atoms with Gasteiger partial charge in [-0.1, -0.05) is 24.3 Å². The first-order valence-electron chi connectivity index (χ1n) is 5.50. The Morgan fingerprint density at radius 2 is 1.72 bits per heavy atom. The fraction of sp³-hybridized carbons (Fsp3) is 0.385. The van der Waals surface area contributed by atoms with Crippen molar-refractivity contribution in [2.24, 2.45) is 0 Å². The zero-order valence-electron chi connectivity index (χ0n) is 9.85. The summed E-state index contributed by atoms with van der Waals surface area (Å²) in [5.74, 6) is 0. The van der Waals surface area contributed by atoms with Gasteiger partial charge in [0, 0.05) is 6.42 Å². The van der Waals surface area contributed by atoms with Crippen LogP contribution in [-0.4, -0.2) is 22.4 Å². The van der Waals surface area contributed by atoms with Gasteiger partial charge in [-0.2, -0.15) is 13.2 Å². The number of aliphatic hydroxyl groups excluding tert-OH is 2. The highest BCUT2D eigenvalue weighted by Gasteiger charge is 2.29. The second-order valence-corrected chi connectivity index (χ2v) is 4.13. The van der Waals surface area contributed by atoms with Crippen LogP contribution in [0.1, 0.15) is 24.5 Å². The Labute approximate surface area is 103 Å². The van der Waals surface area contributed by atoms with Crippen molar-refractivity contribution in [3.8, 4) is 0 Å². The third kappa shape index (κ3) is 4.89. The molecule has 1 rings (SSSR count). The fourth-order valence-electron chi connectivity index (χ4n) is 1.43. The van der Waals surface area contributed by atoms with Gasteiger partial charge in [0.1, 0.15) is 0 Å². The number of rotatable bonds is 4. The summed E-state index contributed by atoms with van der Waals surface area (Å²) in [5.41, 5.74) is -0.142. The van der Waals surface area contributed by atoms with Gasteiger partial charge in [0.15, 0.2) is 0 Å². The first-order valence-corrected chi connectivity index (χ1v) is 5.50. The van der Waals surface area contributed by atoms with E-state index >= 15 is 0 Å². The van der Waals surface area contributed by atoms with Crippen molar-refractivity contribution < 1.29 is 23.4 Å². The standard InChI is InChI=1S/C13H15F3O2/c1-9(17)8-12(18)7-4-10-2-5-11(6-3-10)13(14,15)16/h2-7,9,12,17-18H,8H2,1H3. The van der Waals surface area contributed by atoms with E-state index in [1.54, 1.807) is 6.92 Å². The van der Waals surface area contributed by atoms with E-state index in [0.29, 0.717) is 5.56 Å². The minimum absolute atomic E-state index is 0.192. The summed E-state index contributed by atoms with van der Waals surface area (Å²) in [6, 6.07) is 4.63. The highest BCUT2D eigenvalue weighted by molar-refractivity contribution is 5.50. The molecule has 100 valence electrons. The van der Waals surface area contributed by atoms with Crippen LogP contribution in [0.2, 0.25) is 0 Å². The van der Waals surface area contributed by atoms with E-state index in [4.69, 9.17) is 5.11 Å². The van der Waals surface area contributed by atoms with E-state index < -0.39 is 23.9 Å². The lowest BCUT2D eigenvalue weighted by Gasteiger charge is -2.08. The number of hydrogen-bond acceptors (Lipinski definition) is 2. The van der Waals surface area contributed by atoms with Crippen LogP contribution in [0.25, 0.3) is 6.08 Å². The first-order chi connectivity index (χ1) is 8.29. The quantitative estimate of drug-likeness (QED) is 0.874. The average molecular weight is 260 g/mol. The summed E-state index contributed by atoms with van der Waals surface area (Å²) in [6.45, 7) is 1.55. The van der Waals surface area contributed by atoms with Gasteiger partial charge in [-0.3, -0.25) is 0 Å². The van der Waals surface area contributed by atoms with Gasteiger partial charge in [0.25, 0.3) is 0 Å². The Morgan fingerprint density at radius 1 is 1.17 bits per heavy atom. The van der Waals surface area contributed by atoms with Crippen molar-refractivity contribution in [2.75, 3.05) is 0 Å². The second kappa shape index (κ2) is 6.02. The van der Waals surface area contributed by atoms with Crippen molar-refractivity contribution in [3.63, 3.8) is 0 Å². The number of hydrogen-bond donors (Lipinski definition) is 2. The highest BCUT2D eigenvalue weighted by atomic mass is 19.4. The maximum atomic E-state index is 12.3. The molecule has 0 radical (unpaired) electrons. The SMILES string of the molecule is CC(O)CC(O)C=Cc1ccc(C(F)(F)F)cc1. The molecule has 18 heavy (non-hydrogen) atoms. The Hall–Kier alpha value is -1.33. The zero-order chi connectivity index (χ0) is 13.8. The van der Waals surface area contributed by atoms with Gasteiger partial charge in [-0.25, -0.2) is 0 Å². The summed E-state index contributed by atoms with van der Waals surface area (Å²) < 4.78 is 36.9. The number of benzene rings is 1. The van der Waals surface area contributed by atoms with Crippen LogP contribution in [0, 0.1) is 0 Å². The maximum absolute atomic E-state index is 12.3. The largest absolute Gasteiger partial charge is 0.416 e. The van der Waals surface area contributed by atoms with Gasteiger partial charge < -0.3 is 10.2 Å². The van der Waals surface area contributed by atoms with Gasteiger partial charge in [-0.15, -0.1) is 0 Å². The molecule has 0 bridgehead atoms. The van der Waals surface area contributed by atoms with E-state index in [0.717, 1.165) is 12.1 Å². The zero-order valence-corrected chi connectivity index (χ0v) is 9.85. The molecule has 0 spiro atoms. The monoisotopic (exact) mass is 260 g/mol. The predicted molar refractivity (Wildman–Crippen MR) is 62.8 cm³/mol. The van der Waals surface area contributed by atoms with Gasteiger partial charge in [-0.05, 0) is 24.6 Å². The molecule has 2 N–H and O–H groups in total. The van der Waals surface area contributed by atoms with Crippen LogP contribution in [-0.2, 0) is 6.18 Å². The highest BCUT2D eigenvalue weighted by Crippen LogP contribution is 2.29. The molecular formula is C13H15F3O2. The average Bonchev–Trinajstić information content (AvgIpc) is 2.25. The molecule has 2 nitrogen and oxygen atoms in total. The molecule has 0 saturated carbocycles. The lowest BCUT2D eigenvalue weighted by atomic mass is 10.1. The first kappa shape index (κ1) is 14.7. The van der Waals surface area contributed by atoms with E-state index in [9.17, 15) is 18.3 Å². The van der Waals surface area contributed by atoms with Gasteiger partial charge in [0.2, 0.25) is 0 Å². The molecule has 1 aromatic carbocycles. The molecule has 0 aliphatic rings. The Bertz CT molecular complexity index is 394. The van der Waals surface area contributed by atoms with Crippen LogP contribution in [0.3, 0.4) is 0 Å². The number of alkyl halides is 3. The Balaban J connectivity index is 2.67. The van der Waals surface area contributed by atoms with E-state index in [1.165, 1.54) is 24.3 Å². The molecule has 0 aliphatic heterocycles. The summed E-state index contributed by atoms with van der Waals surface area (Å²) in [6.07, 6.45) is -2.63. The third-order valence-corrected chi connectivity index (χ3v) is 2.33. The third-order valence-electron chi connectivity index (χ3n) is 2.33. The lowest BCUT2D eigenvalue weighted by Crippen LogP contribution is -2.11. The molecule has 0 aromatic heterocycles. The van der Waals surface area contributed by atoms with Crippen molar-refractivity contribution >= 4 is 6.08 Å². The van der Waals surface area contributed by atoms with Crippen LogP contribution >= 0.6 is 0 Å². The van der Waals surface area contributed by atoms with Gasteiger partial charge >= 0.3 is 6.18 Å². The van der Waals surface area contributed by atoms with Gasteiger partial charge in [0.05, 0.1) is 17.8 Å². The number of halogens is 3. The predicted octanol–water partition coefficient (Wildman–Crippen LogP) is 2.85. The minimum atomic E-state index is -4.34. The van der Waals surface area contributed by atoms with E-state index in [2.05, 4.69) is 0 Å². The van der Waals surface area contributed by atoms with Crippen LogP contribution in [0.5, 0.6) is 0 Å². The van der Waals surface area contributed by atoms with Crippen LogP contribution in [0.4, 0.5) is 13.2 Å². The van der Waals surface area contributed by atoms with Crippen molar-refractivity contribution in [2.45, 2.75) is 31.7 Å².